The van der Waals surface area contributed by atoms with Crippen molar-refractivity contribution in [3.63, 3.8) is 0 Å². The quantitative estimate of drug-likeness (QED) is 0.0855. The molecule has 676 valence electrons. The van der Waals surface area contributed by atoms with Gasteiger partial charge in [-0.1, -0.05) is 20.8 Å². The highest BCUT2D eigenvalue weighted by molar-refractivity contribution is 4.97. The van der Waals surface area contributed by atoms with Gasteiger partial charge in [0.2, 0.25) is 6.43 Å². The lowest BCUT2D eigenvalue weighted by atomic mass is 9.81. The van der Waals surface area contributed by atoms with Crippen LogP contribution in [0, 0.1) is 71.0 Å². The molecule has 29 atom stereocenters. The third-order valence-corrected chi connectivity index (χ3v) is 22.3. The molecule has 1 saturated carbocycles. The third kappa shape index (κ3) is 37.1. The van der Waals surface area contributed by atoms with Crippen LogP contribution in [0.5, 0.6) is 0 Å². The number of rotatable bonds is 11. The number of nitrogens with one attached hydrogen (secondary N) is 10. The Morgan fingerprint density at radius 3 is 1.11 bits per heavy atom. The smallest absolute Gasteiger partial charge is 0.395 e. The van der Waals surface area contributed by atoms with E-state index in [1.54, 1.807) is 20.8 Å². The highest BCUT2D eigenvalue weighted by Crippen LogP contribution is 2.40. The average Bonchev–Trinajstić information content (AvgIpc) is 1.45. The molecule has 32 N–H and O–H groups in total. The Hall–Kier alpha value is -1.98. The summed E-state index contributed by atoms with van der Waals surface area (Å²) in [5, 5.41) is 231. The van der Waals surface area contributed by atoms with Crippen LogP contribution in [0.2, 0.25) is 0 Å². The van der Waals surface area contributed by atoms with Crippen LogP contribution in [0.4, 0.5) is 43.9 Å². The Labute approximate surface area is 655 Å². The van der Waals surface area contributed by atoms with Crippen molar-refractivity contribution in [3.8, 4) is 0 Å². The summed E-state index contributed by atoms with van der Waals surface area (Å²) in [7, 11) is 0. The summed E-state index contributed by atoms with van der Waals surface area (Å²) in [5.41, 5.74) is -2.06. The van der Waals surface area contributed by atoms with Crippen molar-refractivity contribution in [2.45, 2.75) is 226 Å². The van der Waals surface area contributed by atoms with E-state index in [4.69, 9.17) is 46.0 Å². The van der Waals surface area contributed by atoms with Gasteiger partial charge in [0.25, 0.3) is 11.8 Å². The maximum atomic E-state index is 12.7. The van der Waals surface area contributed by atoms with E-state index < -0.39 is 189 Å². The minimum absolute atomic E-state index is 0.00769. The molecule has 0 aromatic carbocycles. The Kier molecular flexibility index (Phi) is 49.0. The molecule has 0 bridgehead atoms. The first kappa shape index (κ1) is 107. The first-order valence-electron chi connectivity index (χ1n) is 39.1. The van der Waals surface area contributed by atoms with Crippen LogP contribution in [-0.4, -0.2) is 409 Å². The number of piperidine rings is 10. The van der Waals surface area contributed by atoms with Gasteiger partial charge in [-0.15, -0.1) is 0 Å². The average molecular weight is 1680 g/mol. The zero-order valence-electron chi connectivity index (χ0n) is 65.8. The maximum absolute atomic E-state index is 12.7. The highest BCUT2D eigenvalue weighted by atomic mass is 19.4. The summed E-state index contributed by atoms with van der Waals surface area (Å²) in [4.78, 5) is 0. The molecule has 32 nitrogen and oxygen atoms in total. The molecule has 0 spiro atoms. The molecule has 0 radical (unpaired) electrons. The molecule has 11 aliphatic rings. The second-order valence-electron chi connectivity index (χ2n) is 32.6. The van der Waals surface area contributed by atoms with Crippen LogP contribution >= 0.6 is 0 Å². The zero-order valence-corrected chi connectivity index (χ0v) is 65.8. The van der Waals surface area contributed by atoms with E-state index in [-0.39, 0.29) is 81.9 Å². The molecule has 0 amide bonds. The second-order valence-corrected chi connectivity index (χ2v) is 32.6. The van der Waals surface area contributed by atoms with Gasteiger partial charge >= 0.3 is 6.18 Å². The molecule has 0 aromatic rings. The molecule has 1 unspecified atom stereocenters. The van der Waals surface area contributed by atoms with Gasteiger partial charge in [0.05, 0.1) is 134 Å². The Bertz CT molecular complexity index is 2340. The molecule has 113 heavy (non-hydrogen) atoms. The van der Waals surface area contributed by atoms with E-state index in [0.29, 0.717) is 89.6 Å². The van der Waals surface area contributed by atoms with Crippen LogP contribution in [0.1, 0.15) is 80.6 Å². The minimum Gasteiger partial charge on any atom is -0.396 e. The number of hydrogen-bond donors (Lipinski definition) is 32. The van der Waals surface area contributed by atoms with E-state index in [0.717, 1.165) is 33.0 Å². The van der Waals surface area contributed by atoms with Crippen molar-refractivity contribution in [3.05, 3.63) is 0 Å². The largest absolute Gasteiger partial charge is 0.396 e. The van der Waals surface area contributed by atoms with Crippen molar-refractivity contribution >= 4 is 0 Å². The van der Waals surface area contributed by atoms with E-state index in [9.17, 15) is 110 Å². The topological polar surface area (TPSA) is 565 Å². The second kappa shape index (κ2) is 51.7. The van der Waals surface area contributed by atoms with E-state index in [1.165, 1.54) is 12.8 Å². The van der Waals surface area contributed by atoms with E-state index in [1.807, 2.05) is 6.92 Å². The predicted molar refractivity (Wildman–Crippen MR) is 394 cm³/mol. The zero-order chi connectivity index (χ0) is 86.3. The minimum atomic E-state index is -4.45. The van der Waals surface area contributed by atoms with Gasteiger partial charge in [-0.05, 0) is 71.1 Å². The predicted octanol–water partition coefficient (Wildman–Crippen LogP) is -7.60. The molecule has 1 aliphatic carbocycles. The first-order valence-corrected chi connectivity index (χ1v) is 39.1. The summed E-state index contributed by atoms with van der Waals surface area (Å²) in [5.74, 6) is -9.26. The number of alkyl halides is 10. The standard InChI is InChI=1S/C8H17NO3.C8H15NO2.C8H17NO2.2C7H13F2NO2.C7H14FNO2.C7H15NO3.C7H15NO2.C6H10F3NO2.C6H11F2NO2/c1-8(2,12)5-3-9-4-6(10)7(5)11;10-7-4-9-3-6(8(7)11)5-1-2-5;1-5(2)6-3-9-4-7(10)8(6)11;1-7(8,9)4-2-10-3-5(11)6(4)12;8-6(9)1-4-2-10-3-5(11)7(4)12;8-2-1-5-3-9-4-6(10)7(5)11;1-7(11)4-8-2-5(3-9)6(7)10;1-2-5-3-8-4-6(9)7(5)10;7-6(8,9)3-1-10-2-4(11)5(3)12;7-6(8)3-9-1-4(2-10)5(6)11/h5-7,9-12H,3-4H2,1-2H3;5-11H,1-4H2;5-11H,3-4H2,1-2H3;4-6,10-12H,2-3H2,1H3;4-7,10-12H,1-3H2;5-7,9-11H,1-4H2;5-6,8-11H,2-4H2,1H3;5-10H,2-4H2,1H3;3-5,10-12H,1-2H2;4-5,9-11H,1-3H2/t5-,6+,7+;2*6-,7-,8-;4-,5+,6+;4-,5+,7+;5-,6+,7+;5-,6-,7?;5-,6+,7+;3-,4+,5+;4-,5-/m0110001001/s1. The molecular weight excluding hydrogens is 1530 g/mol. The molecule has 11 fully saturated rings. The highest BCUT2D eigenvalue weighted by Gasteiger charge is 2.50. The molecule has 42 heteroatoms. The monoisotopic (exact) mass is 1670 g/mol. The fourth-order valence-corrected chi connectivity index (χ4v) is 14.3. The molecule has 0 aromatic heterocycles. The summed E-state index contributed by atoms with van der Waals surface area (Å²) < 4.78 is 122. The van der Waals surface area contributed by atoms with Crippen molar-refractivity contribution in [2.75, 3.05) is 151 Å². The first-order chi connectivity index (χ1) is 52.5. The molecule has 11 rings (SSSR count). The lowest BCUT2D eigenvalue weighted by Gasteiger charge is -2.39. The van der Waals surface area contributed by atoms with Crippen molar-refractivity contribution in [2.24, 2.45) is 71.0 Å². The van der Waals surface area contributed by atoms with Crippen molar-refractivity contribution < 1.29 is 156 Å². The van der Waals surface area contributed by atoms with E-state index >= 15 is 0 Å². The lowest BCUT2D eigenvalue weighted by molar-refractivity contribution is -0.217. The van der Waals surface area contributed by atoms with Gasteiger partial charge in [0, 0.05) is 185 Å². The Morgan fingerprint density at radius 1 is 0.407 bits per heavy atom. The summed E-state index contributed by atoms with van der Waals surface area (Å²) in [6.07, 6.45) is -19.8. The van der Waals surface area contributed by atoms with Gasteiger partial charge < -0.3 is 166 Å². The lowest BCUT2D eigenvalue weighted by Crippen LogP contribution is -2.59. The number of halogens is 10. The molecule has 10 saturated heterocycles. The van der Waals surface area contributed by atoms with Crippen LogP contribution < -0.4 is 53.2 Å². The van der Waals surface area contributed by atoms with Gasteiger partial charge in [-0.2, -0.15) is 13.2 Å². The molecule has 10 aliphatic heterocycles. The summed E-state index contributed by atoms with van der Waals surface area (Å²) >= 11 is 0. The van der Waals surface area contributed by atoms with E-state index in [2.05, 4.69) is 67.0 Å². The van der Waals surface area contributed by atoms with Gasteiger partial charge in [0.15, 0.2) is 0 Å². The van der Waals surface area contributed by atoms with Gasteiger partial charge in [0.1, 0.15) is 11.7 Å². The number of aliphatic hydroxyl groups is 22. The fourth-order valence-electron chi connectivity index (χ4n) is 14.3. The van der Waals surface area contributed by atoms with Gasteiger partial charge in [-0.3, -0.25) is 4.39 Å². The number of hydrogen-bond acceptors (Lipinski definition) is 32. The Balaban J connectivity index is 0.000000426. The number of β-amino-alcohol motifs (C(OH)–C–C–N with tert-alkyl or cyclic N) is 9. The van der Waals surface area contributed by atoms with Gasteiger partial charge in [-0.25, -0.2) is 26.3 Å². The van der Waals surface area contributed by atoms with Crippen LogP contribution in [0.3, 0.4) is 0 Å². The SMILES string of the molecule is CC(C)(O)[C@H]1CNC[C@@H](O)[C@@H]1O.CC(C)[C@H]1CNC[C@@H](O)[C@@H]1O.CC(F)(F)[C@H]1CNC[C@@H](O)[C@@H]1O.CC1(O)CNC[C@H](CO)[C@H]1O.CC[C@H]1CNC[C@@H](O)[C@@H]1O.OC[C@H]1CNCC(F)(F)[C@@H]1O.O[C@@H]1[C@@H](CC(F)F)CNC[C@H]1O.O[C@@H]1[C@@H](CCF)CNC[C@H]1O.O[C@H]1[C@H](O)CNC[C@@H]1C(F)(F)F.O[C@H]1[C@H](O)CNC[C@@H]1C1CC1. The van der Waals surface area contributed by atoms with Crippen molar-refractivity contribution in [1.29, 1.82) is 0 Å². The number of aliphatic hydroxyl groups excluding tert-OH is 20. The molecular formula is C71H140F10N10O22. The van der Waals surface area contributed by atoms with Crippen LogP contribution in [0.25, 0.3) is 0 Å². The Morgan fingerprint density at radius 2 is 0.752 bits per heavy atom. The summed E-state index contributed by atoms with van der Waals surface area (Å²) in [6, 6.07) is 0. The third-order valence-electron chi connectivity index (χ3n) is 22.3. The summed E-state index contributed by atoms with van der Waals surface area (Å²) in [6.45, 7) is 18.1. The normalized spacial score (nSPS) is 40.0. The van der Waals surface area contributed by atoms with Crippen LogP contribution in [-0.2, 0) is 0 Å². The maximum Gasteiger partial charge on any atom is 0.395 e. The van der Waals surface area contributed by atoms with Crippen LogP contribution in [0.15, 0.2) is 0 Å². The molecule has 10 heterocycles. The van der Waals surface area contributed by atoms with Crippen molar-refractivity contribution in [1.82, 2.24) is 53.2 Å². The fraction of sp³-hybridized carbons (Fsp3) is 1.00.